The summed E-state index contributed by atoms with van der Waals surface area (Å²) in [5.74, 6) is -1.11. The number of nitrogens with zero attached hydrogens (tertiary/aromatic N) is 6. The van der Waals surface area contributed by atoms with E-state index in [1.165, 1.54) is 30.3 Å². The van der Waals surface area contributed by atoms with E-state index in [0.29, 0.717) is 35.1 Å². The van der Waals surface area contributed by atoms with Gasteiger partial charge in [-0.25, -0.2) is 14.1 Å². The molecule has 2 aromatic carbocycles. The van der Waals surface area contributed by atoms with Crippen LogP contribution in [0.2, 0.25) is 0 Å². The number of carbonyl (C=O) groups is 2. The summed E-state index contributed by atoms with van der Waals surface area (Å²) in [4.78, 5) is 27.3. The number of fused-ring (bicyclic) bond motifs is 1. The van der Waals surface area contributed by atoms with E-state index in [1.54, 1.807) is 23.0 Å². The summed E-state index contributed by atoms with van der Waals surface area (Å²) in [6.45, 7) is 2.50. The molecule has 0 unspecified atom stereocenters. The quantitative estimate of drug-likeness (QED) is 0.298. The summed E-state index contributed by atoms with van der Waals surface area (Å²) >= 11 is 0. The van der Waals surface area contributed by atoms with Crippen molar-refractivity contribution in [3.63, 3.8) is 0 Å². The minimum atomic E-state index is -4.83. The number of amides is 1. The smallest absolute Gasteiger partial charge is 0.380 e. The minimum Gasteiger partial charge on any atom is -0.380 e. The Balaban J connectivity index is 0.00000181. The number of nitrogens with two attached hydrogens (primary N) is 1. The first-order chi connectivity index (χ1) is 19.0. The van der Waals surface area contributed by atoms with Crippen molar-refractivity contribution in [2.24, 2.45) is 0 Å². The van der Waals surface area contributed by atoms with Crippen molar-refractivity contribution in [1.82, 2.24) is 29.4 Å². The largest absolute Gasteiger partial charge is 0.435 e. The highest BCUT2D eigenvalue weighted by atomic mass is 19.4. The molecule has 0 radical (unpaired) electrons. The molecule has 3 heterocycles. The maximum absolute atomic E-state index is 15.0. The number of carbonyl (C=O) groups excluding carboxylic acids is 2. The number of hydrogen-bond acceptors (Lipinski definition) is 8. The molecular weight excluding hydrogens is 536 g/mol. The lowest BCUT2D eigenvalue weighted by molar-refractivity contribution is -0.141. The molecule has 0 saturated heterocycles. The lowest BCUT2D eigenvalue weighted by atomic mass is 10.2. The van der Waals surface area contributed by atoms with Crippen molar-refractivity contribution in [2.75, 3.05) is 25.1 Å². The zero-order chi connectivity index (χ0) is 29.2. The van der Waals surface area contributed by atoms with E-state index in [2.05, 4.69) is 20.6 Å². The molecule has 0 aliphatic heterocycles. The van der Waals surface area contributed by atoms with Gasteiger partial charge in [0.25, 0.3) is 5.91 Å². The van der Waals surface area contributed by atoms with Crippen molar-refractivity contribution in [3.05, 3.63) is 77.9 Å². The molecule has 3 N–H and O–H groups in total. The van der Waals surface area contributed by atoms with Gasteiger partial charge >= 0.3 is 6.18 Å². The van der Waals surface area contributed by atoms with Crippen molar-refractivity contribution >= 4 is 35.2 Å². The number of imidazole rings is 1. The van der Waals surface area contributed by atoms with Crippen LogP contribution in [0.1, 0.15) is 22.0 Å². The maximum Gasteiger partial charge on any atom is 0.435 e. The number of aromatic nitrogens is 5. The third-order valence-corrected chi connectivity index (χ3v) is 5.61. The predicted molar refractivity (Wildman–Crippen MR) is 137 cm³/mol. The molecule has 11 nitrogen and oxygen atoms in total. The van der Waals surface area contributed by atoms with Crippen LogP contribution in [-0.2, 0) is 17.5 Å². The second-order valence-electron chi connectivity index (χ2n) is 8.64. The molecule has 0 atom stereocenters. The van der Waals surface area contributed by atoms with Crippen LogP contribution in [0, 0.1) is 5.82 Å². The first-order valence-electron chi connectivity index (χ1n) is 11.4. The Hall–Kier alpha value is -5.05. The van der Waals surface area contributed by atoms with E-state index in [4.69, 9.17) is 15.1 Å². The third kappa shape index (κ3) is 5.54. The van der Waals surface area contributed by atoms with Crippen LogP contribution in [0.3, 0.4) is 0 Å². The molecule has 5 aromatic rings. The number of rotatable bonds is 6. The minimum absolute atomic E-state index is 0.0184. The lowest BCUT2D eigenvalue weighted by Crippen LogP contribution is -2.18. The fourth-order valence-corrected chi connectivity index (χ4v) is 3.87. The number of hydrogen-bond donors (Lipinski definition) is 2. The van der Waals surface area contributed by atoms with Gasteiger partial charge in [0.1, 0.15) is 24.1 Å². The topological polar surface area (TPSA) is 137 Å². The van der Waals surface area contributed by atoms with Gasteiger partial charge in [-0.3, -0.25) is 4.79 Å². The van der Waals surface area contributed by atoms with Crippen LogP contribution in [0.4, 0.5) is 29.1 Å². The second-order valence-corrected chi connectivity index (χ2v) is 8.64. The monoisotopic (exact) mass is 558 g/mol. The number of nitrogen functional groups attached to an aromatic ring is 1. The molecule has 0 saturated carbocycles. The molecule has 5 rings (SSSR count). The summed E-state index contributed by atoms with van der Waals surface area (Å²) in [5.41, 5.74) is 4.60. The maximum atomic E-state index is 15.0. The van der Waals surface area contributed by atoms with Crippen LogP contribution >= 0.6 is 0 Å². The van der Waals surface area contributed by atoms with Crippen molar-refractivity contribution in [2.45, 2.75) is 12.7 Å². The van der Waals surface area contributed by atoms with Gasteiger partial charge in [0.2, 0.25) is 0 Å². The van der Waals surface area contributed by atoms with E-state index >= 15 is 4.39 Å². The van der Waals surface area contributed by atoms with Crippen LogP contribution in [-0.4, -0.2) is 56.2 Å². The fourth-order valence-electron chi connectivity index (χ4n) is 3.87. The average Bonchev–Trinajstić information content (AvgIpc) is 3.65. The lowest BCUT2D eigenvalue weighted by Gasteiger charge is -2.13. The molecular formula is C25H22F4N8O3. The standard InChI is InChI=1S/C24H20F4N8O2.CH2O/c1-34(2)12-21-30-7-8-35(21)13-3-5-17(16(25)10-13)31-23(37)18-11-20(24(26,27)28)32-36(18)14-4-6-19-15(9-14)22(29)33-38-19;1-2/h3-11H,12H2,1-2H3,(H2,29,33)(H,31,37);1H2. The van der Waals surface area contributed by atoms with E-state index in [-0.39, 0.29) is 17.2 Å². The normalized spacial score (nSPS) is 11.5. The molecule has 40 heavy (non-hydrogen) atoms. The zero-order valence-electron chi connectivity index (χ0n) is 21.1. The molecule has 0 spiro atoms. The van der Waals surface area contributed by atoms with E-state index < -0.39 is 29.3 Å². The van der Waals surface area contributed by atoms with Gasteiger partial charge in [0, 0.05) is 30.2 Å². The number of benzene rings is 2. The molecule has 15 heteroatoms. The van der Waals surface area contributed by atoms with Crippen LogP contribution in [0.25, 0.3) is 22.3 Å². The summed E-state index contributed by atoms with van der Waals surface area (Å²) in [6.07, 6.45) is -1.58. The van der Waals surface area contributed by atoms with Gasteiger partial charge in [-0.2, -0.15) is 18.3 Å². The van der Waals surface area contributed by atoms with Crippen molar-refractivity contribution in [3.8, 4) is 11.4 Å². The highest BCUT2D eigenvalue weighted by molar-refractivity contribution is 6.04. The third-order valence-electron chi connectivity index (χ3n) is 5.61. The van der Waals surface area contributed by atoms with Crippen LogP contribution in [0.15, 0.2) is 59.4 Å². The second kappa shape index (κ2) is 11.0. The number of halogens is 4. The number of anilines is 2. The van der Waals surface area contributed by atoms with E-state index in [1.807, 2.05) is 25.8 Å². The summed E-state index contributed by atoms with van der Waals surface area (Å²) in [6, 6.07) is 8.86. The number of nitrogens with one attached hydrogen (secondary N) is 1. The molecule has 0 aliphatic rings. The Labute approximate surface area is 223 Å². The molecule has 208 valence electrons. The SMILES string of the molecule is C=O.CN(C)Cc1nccn1-c1ccc(NC(=O)c2cc(C(F)(F)F)nn2-c2ccc3onc(N)c3c2)c(F)c1. The Bertz CT molecular complexity index is 1670. The van der Waals surface area contributed by atoms with Crippen LogP contribution < -0.4 is 11.1 Å². The predicted octanol–water partition coefficient (Wildman–Crippen LogP) is 4.07. The van der Waals surface area contributed by atoms with Gasteiger partial charge < -0.3 is 29.8 Å². The Morgan fingerprint density at radius 1 is 1.12 bits per heavy atom. The Morgan fingerprint density at radius 3 is 2.52 bits per heavy atom. The first-order valence-corrected chi connectivity index (χ1v) is 11.4. The molecule has 0 aliphatic carbocycles. The summed E-state index contributed by atoms with van der Waals surface area (Å²) in [7, 11) is 3.73. The Morgan fingerprint density at radius 2 is 1.85 bits per heavy atom. The van der Waals surface area contributed by atoms with Crippen LogP contribution in [0.5, 0.6) is 0 Å². The van der Waals surface area contributed by atoms with Gasteiger partial charge in [-0.05, 0) is 44.4 Å². The highest BCUT2D eigenvalue weighted by Crippen LogP contribution is 2.31. The van der Waals surface area contributed by atoms with Gasteiger partial charge in [-0.1, -0.05) is 5.16 Å². The molecule has 3 aromatic heterocycles. The summed E-state index contributed by atoms with van der Waals surface area (Å²) in [5, 5.41) is 9.84. The van der Waals surface area contributed by atoms with E-state index in [9.17, 15) is 18.0 Å². The number of alkyl halides is 3. The molecule has 1 amide bonds. The highest BCUT2D eigenvalue weighted by Gasteiger charge is 2.36. The average molecular weight is 558 g/mol. The van der Waals surface area contributed by atoms with Gasteiger partial charge in [-0.15, -0.1) is 0 Å². The van der Waals surface area contributed by atoms with Gasteiger partial charge in [0.05, 0.1) is 23.3 Å². The Kier molecular flexibility index (Phi) is 7.68. The molecule has 0 fully saturated rings. The molecule has 0 bridgehead atoms. The van der Waals surface area contributed by atoms with Crippen molar-refractivity contribution < 1.29 is 31.7 Å². The van der Waals surface area contributed by atoms with Crippen molar-refractivity contribution in [1.29, 1.82) is 0 Å². The fraction of sp³-hybridized carbons (Fsp3) is 0.160. The summed E-state index contributed by atoms with van der Waals surface area (Å²) < 4.78 is 63.0. The zero-order valence-corrected chi connectivity index (χ0v) is 21.1. The van der Waals surface area contributed by atoms with E-state index in [0.717, 1.165) is 4.68 Å². The first kappa shape index (κ1) is 28.0. The van der Waals surface area contributed by atoms with Gasteiger partial charge in [0.15, 0.2) is 17.1 Å².